The number of nitrogens with one attached hydrogen (secondary N) is 2. The first kappa shape index (κ1) is 17.7. The Kier molecular flexibility index (Phi) is 5.69. The number of hydrogen-bond acceptors (Lipinski definition) is 1. The number of amides is 2. The number of anilines is 1. The van der Waals surface area contributed by atoms with Gasteiger partial charge in [-0.15, -0.1) is 0 Å². The normalized spacial score (nSPS) is 10.4. The molecule has 0 bridgehead atoms. The second kappa shape index (κ2) is 8.34. The average molecular weight is 344 g/mol. The maximum atomic E-state index is 12.3. The van der Waals surface area contributed by atoms with Crippen LogP contribution in [0.3, 0.4) is 0 Å². The maximum Gasteiger partial charge on any atom is 0.319 e. The number of hydrogen-bond donors (Lipinski definition) is 2. The third-order valence-corrected chi connectivity index (χ3v) is 4.44. The number of carbonyl (C=O) groups is 1. The van der Waals surface area contributed by atoms with Crippen LogP contribution in [0.1, 0.15) is 16.7 Å². The minimum Gasteiger partial charge on any atom is -0.338 e. The lowest BCUT2D eigenvalue weighted by atomic mass is 10.0. The molecule has 3 rings (SSSR count). The van der Waals surface area contributed by atoms with E-state index >= 15 is 0 Å². The smallest absolute Gasteiger partial charge is 0.319 e. The second-order valence-electron chi connectivity index (χ2n) is 6.47. The van der Waals surface area contributed by atoms with Crippen LogP contribution < -0.4 is 10.6 Å². The predicted octanol–water partition coefficient (Wildman–Crippen LogP) is 5.33. The van der Waals surface area contributed by atoms with Gasteiger partial charge in [-0.05, 0) is 43.0 Å². The fourth-order valence-corrected chi connectivity index (χ4v) is 3.07. The minimum absolute atomic E-state index is 0.182. The summed E-state index contributed by atoms with van der Waals surface area (Å²) in [5, 5.41) is 5.92. The monoisotopic (exact) mass is 344 g/mol. The molecule has 132 valence electrons. The Bertz CT molecular complexity index is 888. The second-order valence-corrected chi connectivity index (χ2v) is 6.47. The summed E-state index contributed by atoms with van der Waals surface area (Å²) in [5.74, 6) is 0. The fourth-order valence-electron chi connectivity index (χ4n) is 3.07. The number of rotatable bonds is 5. The van der Waals surface area contributed by atoms with E-state index in [1.807, 2.05) is 54.6 Å². The van der Waals surface area contributed by atoms with Crippen LogP contribution in [-0.2, 0) is 6.42 Å². The quantitative estimate of drug-likeness (QED) is 0.645. The summed E-state index contributed by atoms with van der Waals surface area (Å²) in [6.45, 7) is 4.80. The van der Waals surface area contributed by atoms with Gasteiger partial charge in [-0.3, -0.25) is 0 Å². The van der Waals surface area contributed by atoms with E-state index in [1.54, 1.807) is 0 Å². The molecule has 0 saturated heterocycles. The van der Waals surface area contributed by atoms with E-state index in [9.17, 15) is 4.79 Å². The maximum absolute atomic E-state index is 12.3. The van der Waals surface area contributed by atoms with E-state index in [-0.39, 0.29) is 6.03 Å². The first-order chi connectivity index (χ1) is 12.6. The Labute approximate surface area is 155 Å². The van der Waals surface area contributed by atoms with E-state index in [1.165, 1.54) is 16.7 Å². The van der Waals surface area contributed by atoms with Gasteiger partial charge in [0.2, 0.25) is 0 Å². The molecule has 0 aliphatic carbocycles. The molecular formula is C23H24N2O. The predicted molar refractivity (Wildman–Crippen MR) is 109 cm³/mol. The summed E-state index contributed by atoms with van der Waals surface area (Å²) in [6, 6.07) is 24.1. The van der Waals surface area contributed by atoms with Crippen molar-refractivity contribution in [3.05, 3.63) is 89.5 Å². The molecule has 26 heavy (non-hydrogen) atoms. The molecule has 0 unspecified atom stereocenters. The van der Waals surface area contributed by atoms with Crippen LogP contribution in [-0.4, -0.2) is 12.6 Å². The van der Waals surface area contributed by atoms with E-state index in [0.717, 1.165) is 23.2 Å². The molecule has 0 aliphatic heterocycles. The topological polar surface area (TPSA) is 41.1 Å². The van der Waals surface area contributed by atoms with Crippen LogP contribution in [0, 0.1) is 13.8 Å². The lowest BCUT2D eigenvalue weighted by molar-refractivity contribution is 0.252. The summed E-state index contributed by atoms with van der Waals surface area (Å²) in [6.07, 6.45) is 0.819. The molecule has 0 heterocycles. The lowest BCUT2D eigenvalue weighted by Crippen LogP contribution is -2.30. The van der Waals surface area contributed by atoms with Gasteiger partial charge in [-0.1, -0.05) is 72.3 Å². The molecule has 0 fully saturated rings. The highest BCUT2D eigenvalue weighted by Gasteiger charge is 2.08. The molecular weight excluding hydrogens is 320 g/mol. The standard InChI is InChI=1S/C23H24N2O/c1-17-12-13-19(18(2)16-17)14-15-24-23(26)25-22-11-7-6-10-21(22)20-8-4-3-5-9-20/h3-13,16H,14-15H2,1-2H3,(H2,24,25,26). The Balaban J connectivity index is 1.60. The number of benzene rings is 3. The summed E-state index contributed by atoms with van der Waals surface area (Å²) >= 11 is 0. The molecule has 0 radical (unpaired) electrons. The van der Waals surface area contributed by atoms with E-state index in [2.05, 4.69) is 42.7 Å². The van der Waals surface area contributed by atoms with Gasteiger partial charge in [0, 0.05) is 12.1 Å². The summed E-state index contributed by atoms with van der Waals surface area (Å²) in [5.41, 5.74) is 6.69. The molecule has 3 nitrogen and oxygen atoms in total. The SMILES string of the molecule is Cc1ccc(CCNC(=O)Nc2ccccc2-c2ccccc2)c(C)c1. The Morgan fingerprint density at radius 3 is 2.38 bits per heavy atom. The zero-order valence-electron chi connectivity index (χ0n) is 15.3. The van der Waals surface area contributed by atoms with Gasteiger partial charge in [0.15, 0.2) is 0 Å². The molecule has 0 aliphatic rings. The molecule has 2 amide bonds. The third-order valence-electron chi connectivity index (χ3n) is 4.44. The van der Waals surface area contributed by atoms with Gasteiger partial charge in [0.1, 0.15) is 0 Å². The summed E-state index contributed by atoms with van der Waals surface area (Å²) in [7, 11) is 0. The van der Waals surface area contributed by atoms with E-state index < -0.39 is 0 Å². The van der Waals surface area contributed by atoms with Gasteiger partial charge < -0.3 is 10.6 Å². The molecule has 3 heteroatoms. The van der Waals surface area contributed by atoms with Crippen molar-refractivity contribution >= 4 is 11.7 Å². The van der Waals surface area contributed by atoms with Gasteiger partial charge >= 0.3 is 6.03 Å². The highest BCUT2D eigenvalue weighted by molar-refractivity contribution is 5.94. The van der Waals surface area contributed by atoms with Crippen molar-refractivity contribution < 1.29 is 4.79 Å². The Hall–Kier alpha value is -3.07. The lowest BCUT2D eigenvalue weighted by Gasteiger charge is -2.13. The van der Waals surface area contributed by atoms with Gasteiger partial charge in [-0.25, -0.2) is 4.79 Å². The molecule has 2 N–H and O–H groups in total. The van der Waals surface area contributed by atoms with Gasteiger partial charge in [0.25, 0.3) is 0 Å². The largest absolute Gasteiger partial charge is 0.338 e. The first-order valence-corrected chi connectivity index (χ1v) is 8.89. The van der Waals surface area contributed by atoms with Crippen LogP contribution in [0.2, 0.25) is 0 Å². The van der Waals surface area contributed by atoms with E-state index in [4.69, 9.17) is 0 Å². The minimum atomic E-state index is -0.182. The van der Waals surface area contributed by atoms with Crippen molar-refractivity contribution in [3.8, 4) is 11.1 Å². The van der Waals surface area contributed by atoms with Crippen molar-refractivity contribution in [2.75, 3.05) is 11.9 Å². The van der Waals surface area contributed by atoms with Crippen LogP contribution in [0.5, 0.6) is 0 Å². The number of carbonyl (C=O) groups excluding carboxylic acids is 1. The molecule has 0 aromatic heterocycles. The Morgan fingerprint density at radius 2 is 1.62 bits per heavy atom. The first-order valence-electron chi connectivity index (χ1n) is 8.89. The highest BCUT2D eigenvalue weighted by atomic mass is 16.2. The van der Waals surface area contributed by atoms with Crippen molar-refractivity contribution in [1.82, 2.24) is 5.32 Å². The molecule has 0 atom stereocenters. The summed E-state index contributed by atoms with van der Waals surface area (Å²) < 4.78 is 0. The van der Waals surface area contributed by atoms with Crippen LogP contribution in [0.15, 0.2) is 72.8 Å². The highest BCUT2D eigenvalue weighted by Crippen LogP contribution is 2.27. The van der Waals surface area contributed by atoms with Crippen LogP contribution >= 0.6 is 0 Å². The van der Waals surface area contributed by atoms with Crippen molar-refractivity contribution in [2.45, 2.75) is 20.3 Å². The summed E-state index contributed by atoms with van der Waals surface area (Å²) in [4.78, 5) is 12.3. The van der Waals surface area contributed by atoms with Gasteiger partial charge in [0.05, 0.1) is 5.69 Å². The fraction of sp³-hybridized carbons (Fsp3) is 0.174. The van der Waals surface area contributed by atoms with E-state index in [0.29, 0.717) is 6.54 Å². The van der Waals surface area contributed by atoms with Crippen LogP contribution in [0.4, 0.5) is 10.5 Å². The zero-order chi connectivity index (χ0) is 18.4. The molecule has 3 aromatic rings. The van der Waals surface area contributed by atoms with Gasteiger partial charge in [-0.2, -0.15) is 0 Å². The molecule has 3 aromatic carbocycles. The molecule has 0 saturated carbocycles. The van der Waals surface area contributed by atoms with Crippen molar-refractivity contribution in [3.63, 3.8) is 0 Å². The van der Waals surface area contributed by atoms with Crippen LogP contribution in [0.25, 0.3) is 11.1 Å². The third kappa shape index (κ3) is 4.51. The number of aryl methyl sites for hydroxylation is 2. The number of urea groups is 1. The Morgan fingerprint density at radius 1 is 0.885 bits per heavy atom. The van der Waals surface area contributed by atoms with Crippen molar-refractivity contribution in [1.29, 1.82) is 0 Å². The molecule has 0 spiro atoms. The zero-order valence-corrected chi connectivity index (χ0v) is 15.3. The number of para-hydroxylation sites is 1. The average Bonchev–Trinajstić information content (AvgIpc) is 2.65. The van der Waals surface area contributed by atoms with Crippen molar-refractivity contribution in [2.24, 2.45) is 0 Å².